The maximum Gasteiger partial charge on any atom is 0.272 e. The van der Waals surface area contributed by atoms with E-state index in [0.717, 1.165) is 38.9 Å². The Morgan fingerprint density at radius 2 is 1.78 bits per heavy atom. The second-order valence-corrected chi connectivity index (χ2v) is 8.70. The van der Waals surface area contributed by atoms with Crippen LogP contribution in [0.4, 0.5) is 23.0 Å². The van der Waals surface area contributed by atoms with Gasteiger partial charge in [0.2, 0.25) is 0 Å². The van der Waals surface area contributed by atoms with Gasteiger partial charge in [0.1, 0.15) is 17.3 Å². The predicted molar refractivity (Wildman–Crippen MR) is 143 cm³/mol. The van der Waals surface area contributed by atoms with Crippen LogP contribution in [0, 0.1) is 0 Å². The Labute approximate surface area is 211 Å². The number of carbonyl (C=O) groups excluding carboxylic acids is 1. The van der Waals surface area contributed by atoms with Crippen molar-refractivity contribution in [2.45, 2.75) is 0 Å². The third-order valence-corrected chi connectivity index (χ3v) is 5.85. The van der Waals surface area contributed by atoms with Crippen molar-refractivity contribution in [3.05, 3.63) is 78.9 Å². The number of H-pyrrole nitrogens is 2. The van der Waals surface area contributed by atoms with Crippen molar-refractivity contribution in [2.24, 2.45) is 0 Å². The Kier molecular flexibility index (Phi) is 5.41. The van der Waals surface area contributed by atoms with Crippen molar-refractivity contribution in [3.8, 4) is 11.4 Å². The average molecular weight is 491 g/mol. The molecule has 0 aliphatic rings. The Bertz CT molecular complexity index is 1740. The zero-order chi connectivity index (χ0) is 25.4. The summed E-state index contributed by atoms with van der Waals surface area (Å²) < 4.78 is 0. The monoisotopic (exact) mass is 490 g/mol. The fraction of sp³-hybridized carbons (Fsp3) is 0.0769. The summed E-state index contributed by atoms with van der Waals surface area (Å²) >= 11 is 0. The van der Waals surface area contributed by atoms with Crippen LogP contribution in [0.5, 0.6) is 0 Å². The Morgan fingerprint density at radius 3 is 2.62 bits per heavy atom. The molecule has 0 unspecified atom stereocenters. The number of benzene rings is 2. The van der Waals surface area contributed by atoms with Gasteiger partial charge in [-0.3, -0.25) is 9.89 Å². The molecule has 0 atom stereocenters. The van der Waals surface area contributed by atoms with Crippen LogP contribution >= 0.6 is 0 Å². The van der Waals surface area contributed by atoms with Crippen LogP contribution in [-0.4, -0.2) is 55.3 Å². The number of carbonyl (C=O) groups is 1. The summed E-state index contributed by atoms with van der Waals surface area (Å²) in [5.74, 6) is 1.71. The molecule has 4 aromatic heterocycles. The summed E-state index contributed by atoms with van der Waals surface area (Å²) in [4.78, 5) is 27.3. The van der Waals surface area contributed by atoms with Gasteiger partial charge in [0.25, 0.3) is 5.91 Å². The maximum atomic E-state index is 12.7. The first kappa shape index (κ1) is 22.2. The summed E-state index contributed by atoms with van der Waals surface area (Å²) in [6, 6.07) is 17.2. The second kappa shape index (κ2) is 9.04. The van der Waals surface area contributed by atoms with Crippen molar-refractivity contribution in [3.63, 3.8) is 0 Å². The molecule has 6 aromatic rings. The molecule has 182 valence electrons. The molecule has 0 saturated carbocycles. The van der Waals surface area contributed by atoms with Crippen molar-refractivity contribution >= 4 is 50.7 Å². The van der Waals surface area contributed by atoms with E-state index < -0.39 is 0 Å². The summed E-state index contributed by atoms with van der Waals surface area (Å²) in [7, 11) is 3.87. The van der Waals surface area contributed by atoms with Gasteiger partial charge in [-0.2, -0.15) is 15.3 Å². The number of aromatic amines is 2. The highest BCUT2D eigenvalue weighted by Gasteiger charge is 2.13. The molecule has 0 spiro atoms. The van der Waals surface area contributed by atoms with Gasteiger partial charge in [-0.15, -0.1) is 0 Å². The molecule has 2 aromatic carbocycles. The smallest absolute Gasteiger partial charge is 0.272 e. The van der Waals surface area contributed by atoms with Crippen LogP contribution in [-0.2, 0) is 0 Å². The third-order valence-electron chi connectivity index (χ3n) is 5.85. The van der Waals surface area contributed by atoms with Crippen LogP contribution in [0.3, 0.4) is 0 Å². The minimum absolute atomic E-state index is 0.266. The number of nitrogens with zero attached hydrogens (tertiary/aromatic N) is 6. The SMILES string of the molecule is CN(C)c1cc(Nc2ccc3[nH]ncc3c2)nc(-c2ccc3cc(C(=O)Nc4ccnnc4)[nH]c3c2)n1. The van der Waals surface area contributed by atoms with E-state index in [1.807, 2.05) is 61.5 Å². The summed E-state index contributed by atoms with van der Waals surface area (Å²) in [5.41, 5.74) is 4.48. The van der Waals surface area contributed by atoms with Gasteiger partial charge in [0.05, 0.1) is 29.8 Å². The molecule has 0 fully saturated rings. The third kappa shape index (κ3) is 4.52. The normalized spacial score (nSPS) is 11.1. The van der Waals surface area contributed by atoms with E-state index in [1.54, 1.807) is 18.3 Å². The molecule has 0 aliphatic carbocycles. The first-order valence-electron chi connectivity index (χ1n) is 11.5. The molecule has 4 N–H and O–H groups in total. The number of rotatable bonds is 6. The number of hydrogen-bond donors (Lipinski definition) is 4. The van der Waals surface area contributed by atoms with Crippen LogP contribution in [0.2, 0.25) is 0 Å². The Hall–Kier alpha value is -5.32. The molecular weight excluding hydrogens is 468 g/mol. The van der Waals surface area contributed by atoms with E-state index >= 15 is 0 Å². The molecule has 37 heavy (non-hydrogen) atoms. The highest BCUT2D eigenvalue weighted by atomic mass is 16.1. The Morgan fingerprint density at radius 1 is 0.865 bits per heavy atom. The Balaban J connectivity index is 1.32. The summed E-state index contributed by atoms with van der Waals surface area (Å²) in [5, 5.41) is 22.6. The predicted octanol–water partition coefficient (Wildman–Crippen LogP) is 4.35. The fourth-order valence-electron chi connectivity index (χ4n) is 3.98. The van der Waals surface area contributed by atoms with Crippen LogP contribution in [0.25, 0.3) is 33.2 Å². The van der Waals surface area contributed by atoms with Gasteiger partial charge in [-0.1, -0.05) is 12.1 Å². The maximum absolute atomic E-state index is 12.7. The lowest BCUT2D eigenvalue weighted by Gasteiger charge is -2.15. The van der Waals surface area contributed by atoms with Crippen LogP contribution in [0.1, 0.15) is 10.5 Å². The molecular formula is C26H22N10O. The van der Waals surface area contributed by atoms with Gasteiger partial charge in [0, 0.05) is 47.7 Å². The van der Waals surface area contributed by atoms with Crippen molar-refractivity contribution in [1.82, 2.24) is 35.3 Å². The van der Waals surface area contributed by atoms with Crippen LogP contribution in [0.15, 0.2) is 73.2 Å². The summed E-state index contributed by atoms with van der Waals surface area (Å²) in [6.07, 6.45) is 4.80. The van der Waals surface area contributed by atoms with E-state index in [4.69, 9.17) is 9.97 Å². The molecule has 0 aliphatic heterocycles. The number of nitrogens with one attached hydrogen (secondary N) is 4. The highest BCUT2D eigenvalue weighted by molar-refractivity contribution is 6.06. The molecule has 0 bridgehead atoms. The fourth-order valence-corrected chi connectivity index (χ4v) is 3.98. The van der Waals surface area contributed by atoms with Gasteiger partial charge in [-0.05, 0) is 36.4 Å². The summed E-state index contributed by atoms with van der Waals surface area (Å²) in [6.45, 7) is 0. The standard InChI is InChI=1S/C26H22N10O/c1-36(2)24-12-23(30-18-5-6-20-17(9-18)13-29-35-20)33-25(34-24)16-4-3-15-10-22(32-21(15)11-16)26(37)31-19-7-8-27-28-14-19/h3-14,32H,1-2H3,(H,29,35)(H,27,31,37)(H,30,33,34). The molecule has 11 nitrogen and oxygen atoms in total. The van der Waals surface area contributed by atoms with Gasteiger partial charge < -0.3 is 20.5 Å². The van der Waals surface area contributed by atoms with Gasteiger partial charge in [0.15, 0.2) is 5.82 Å². The topological polar surface area (TPSA) is 140 Å². The molecule has 4 heterocycles. The second-order valence-electron chi connectivity index (χ2n) is 8.70. The zero-order valence-corrected chi connectivity index (χ0v) is 20.0. The number of anilines is 4. The van der Waals surface area contributed by atoms with Gasteiger partial charge in [-0.25, -0.2) is 9.97 Å². The number of aromatic nitrogens is 7. The van der Waals surface area contributed by atoms with Crippen molar-refractivity contribution in [2.75, 3.05) is 29.6 Å². The largest absolute Gasteiger partial charge is 0.363 e. The average Bonchev–Trinajstić information content (AvgIpc) is 3.55. The van der Waals surface area contributed by atoms with Crippen molar-refractivity contribution in [1.29, 1.82) is 0 Å². The molecule has 11 heteroatoms. The lowest BCUT2D eigenvalue weighted by molar-refractivity contribution is 0.102. The van der Waals surface area contributed by atoms with E-state index in [-0.39, 0.29) is 5.91 Å². The minimum Gasteiger partial charge on any atom is -0.363 e. The number of hydrogen-bond acceptors (Lipinski definition) is 8. The van der Waals surface area contributed by atoms with E-state index in [1.165, 1.54) is 12.4 Å². The lowest BCUT2D eigenvalue weighted by Crippen LogP contribution is -2.12. The number of fused-ring (bicyclic) bond motifs is 2. The van der Waals surface area contributed by atoms with Crippen LogP contribution < -0.4 is 15.5 Å². The first-order chi connectivity index (χ1) is 18.0. The molecule has 0 saturated heterocycles. The van der Waals surface area contributed by atoms with E-state index in [2.05, 4.69) is 36.0 Å². The molecule has 6 rings (SSSR count). The zero-order valence-electron chi connectivity index (χ0n) is 20.0. The first-order valence-corrected chi connectivity index (χ1v) is 11.5. The molecule has 1 amide bonds. The number of amides is 1. The quantitative estimate of drug-likeness (QED) is 0.270. The van der Waals surface area contributed by atoms with E-state index in [9.17, 15) is 4.79 Å². The van der Waals surface area contributed by atoms with Gasteiger partial charge >= 0.3 is 0 Å². The molecule has 0 radical (unpaired) electrons. The lowest BCUT2D eigenvalue weighted by atomic mass is 10.1. The van der Waals surface area contributed by atoms with E-state index in [0.29, 0.717) is 23.0 Å². The van der Waals surface area contributed by atoms with Crippen molar-refractivity contribution < 1.29 is 4.79 Å². The highest BCUT2D eigenvalue weighted by Crippen LogP contribution is 2.28. The minimum atomic E-state index is -0.266.